The number of aryl methyl sites for hydroxylation is 1. The average Bonchev–Trinajstić information content (AvgIpc) is 3.23. The van der Waals surface area contributed by atoms with E-state index in [0.29, 0.717) is 18.8 Å². The molecule has 2 heterocycles. The standard InChI is InChI=1S/C17H25N5O2/c1-2-9-22-17(18-19-20-22)13-21(12-15-7-5-10-24-15)11-14-6-3-4-8-16(14)23/h3-4,6,8,15,23H,2,5,7,9-13H2,1H3. The Morgan fingerprint density at radius 2 is 2.21 bits per heavy atom. The molecule has 2 aromatic rings. The van der Waals surface area contributed by atoms with E-state index in [9.17, 15) is 5.11 Å². The molecule has 0 saturated carbocycles. The molecule has 1 saturated heterocycles. The Balaban J connectivity index is 1.73. The van der Waals surface area contributed by atoms with Gasteiger partial charge < -0.3 is 9.84 Å². The lowest BCUT2D eigenvalue weighted by Crippen LogP contribution is -2.32. The van der Waals surface area contributed by atoms with Gasteiger partial charge in [-0.15, -0.1) is 5.10 Å². The van der Waals surface area contributed by atoms with Crippen LogP contribution in [0.25, 0.3) is 0 Å². The molecule has 1 aliphatic heterocycles. The van der Waals surface area contributed by atoms with E-state index < -0.39 is 0 Å². The lowest BCUT2D eigenvalue weighted by molar-refractivity contribution is 0.0661. The summed E-state index contributed by atoms with van der Waals surface area (Å²) < 4.78 is 7.64. The monoisotopic (exact) mass is 331 g/mol. The second-order valence-electron chi connectivity index (χ2n) is 6.25. The number of hydrogen-bond donors (Lipinski definition) is 1. The van der Waals surface area contributed by atoms with E-state index in [0.717, 1.165) is 50.3 Å². The fourth-order valence-corrected chi connectivity index (χ4v) is 3.07. The molecule has 0 radical (unpaired) electrons. The third kappa shape index (κ3) is 4.30. The van der Waals surface area contributed by atoms with Crippen molar-refractivity contribution >= 4 is 0 Å². The van der Waals surface area contributed by atoms with Crippen molar-refractivity contribution in [1.29, 1.82) is 0 Å². The zero-order valence-corrected chi connectivity index (χ0v) is 14.1. The predicted octanol–water partition coefficient (Wildman–Crippen LogP) is 1.97. The molecule has 7 heteroatoms. The number of phenols is 1. The van der Waals surface area contributed by atoms with E-state index in [1.54, 1.807) is 6.07 Å². The van der Waals surface area contributed by atoms with E-state index in [4.69, 9.17) is 4.74 Å². The Hall–Kier alpha value is -1.99. The van der Waals surface area contributed by atoms with Gasteiger partial charge >= 0.3 is 0 Å². The SMILES string of the molecule is CCCn1nnnc1CN(Cc1ccccc1O)CC1CCCO1. The third-order valence-electron chi connectivity index (χ3n) is 4.28. The predicted molar refractivity (Wildman–Crippen MR) is 89.3 cm³/mol. The Kier molecular flexibility index (Phi) is 5.77. The van der Waals surface area contributed by atoms with Crippen LogP contribution in [0.2, 0.25) is 0 Å². The van der Waals surface area contributed by atoms with Gasteiger partial charge in [0, 0.05) is 31.8 Å². The van der Waals surface area contributed by atoms with Crippen molar-refractivity contribution in [2.75, 3.05) is 13.2 Å². The summed E-state index contributed by atoms with van der Waals surface area (Å²) in [7, 11) is 0. The minimum absolute atomic E-state index is 0.242. The number of aromatic nitrogens is 4. The van der Waals surface area contributed by atoms with Crippen LogP contribution in [0, 0.1) is 0 Å². The van der Waals surface area contributed by atoms with Gasteiger partial charge in [-0.2, -0.15) is 0 Å². The summed E-state index contributed by atoms with van der Waals surface area (Å²) in [6, 6.07) is 7.46. The minimum Gasteiger partial charge on any atom is -0.508 e. The Morgan fingerprint density at radius 1 is 1.33 bits per heavy atom. The molecule has 7 nitrogen and oxygen atoms in total. The zero-order chi connectivity index (χ0) is 16.8. The molecule has 24 heavy (non-hydrogen) atoms. The third-order valence-corrected chi connectivity index (χ3v) is 4.28. The van der Waals surface area contributed by atoms with Crippen LogP contribution in [-0.2, 0) is 24.4 Å². The number of phenolic OH excluding ortho intramolecular Hbond substituents is 1. The first-order chi connectivity index (χ1) is 11.8. The fraction of sp³-hybridized carbons (Fsp3) is 0.588. The molecule has 0 bridgehead atoms. The van der Waals surface area contributed by atoms with Crippen molar-refractivity contribution in [2.24, 2.45) is 0 Å². The Morgan fingerprint density at radius 3 is 2.96 bits per heavy atom. The van der Waals surface area contributed by atoms with Crippen LogP contribution in [0.1, 0.15) is 37.6 Å². The summed E-state index contributed by atoms with van der Waals surface area (Å²) in [6.07, 6.45) is 3.43. The van der Waals surface area contributed by atoms with Gasteiger partial charge in [0.2, 0.25) is 0 Å². The van der Waals surface area contributed by atoms with E-state index in [1.165, 1.54) is 0 Å². The van der Waals surface area contributed by atoms with Gasteiger partial charge in [0.1, 0.15) is 5.75 Å². The molecular weight excluding hydrogens is 306 g/mol. The second-order valence-corrected chi connectivity index (χ2v) is 6.25. The lowest BCUT2D eigenvalue weighted by Gasteiger charge is -2.25. The van der Waals surface area contributed by atoms with Crippen molar-refractivity contribution in [3.63, 3.8) is 0 Å². The van der Waals surface area contributed by atoms with Gasteiger partial charge in [-0.25, -0.2) is 4.68 Å². The topological polar surface area (TPSA) is 76.3 Å². The summed E-state index contributed by atoms with van der Waals surface area (Å²) in [5, 5.41) is 22.1. The maximum atomic E-state index is 10.1. The van der Waals surface area contributed by atoms with Gasteiger partial charge in [0.15, 0.2) is 5.82 Å². The van der Waals surface area contributed by atoms with Crippen molar-refractivity contribution < 1.29 is 9.84 Å². The average molecular weight is 331 g/mol. The maximum Gasteiger partial charge on any atom is 0.165 e. The fourth-order valence-electron chi connectivity index (χ4n) is 3.07. The van der Waals surface area contributed by atoms with Crippen LogP contribution in [0.5, 0.6) is 5.75 Å². The van der Waals surface area contributed by atoms with Crippen molar-refractivity contribution in [1.82, 2.24) is 25.1 Å². The first-order valence-corrected chi connectivity index (χ1v) is 8.62. The summed E-state index contributed by atoms with van der Waals surface area (Å²) in [6.45, 7) is 5.85. The number of benzene rings is 1. The first kappa shape index (κ1) is 16.9. The number of nitrogens with zero attached hydrogens (tertiary/aromatic N) is 5. The van der Waals surface area contributed by atoms with Gasteiger partial charge in [0.25, 0.3) is 0 Å². The largest absolute Gasteiger partial charge is 0.508 e. The highest BCUT2D eigenvalue weighted by molar-refractivity contribution is 5.31. The molecule has 0 aliphatic carbocycles. The molecule has 1 unspecified atom stereocenters. The van der Waals surface area contributed by atoms with Crippen molar-refractivity contribution in [3.05, 3.63) is 35.7 Å². The maximum absolute atomic E-state index is 10.1. The number of para-hydroxylation sites is 1. The molecule has 1 N–H and O–H groups in total. The van der Waals surface area contributed by atoms with Crippen LogP contribution < -0.4 is 0 Å². The van der Waals surface area contributed by atoms with Gasteiger partial charge in [0.05, 0.1) is 12.6 Å². The highest BCUT2D eigenvalue weighted by atomic mass is 16.5. The zero-order valence-electron chi connectivity index (χ0n) is 14.1. The Labute approximate surface area is 142 Å². The number of rotatable bonds is 8. The summed E-state index contributed by atoms with van der Waals surface area (Å²) >= 11 is 0. The molecule has 3 rings (SSSR count). The molecule has 0 spiro atoms. The van der Waals surface area contributed by atoms with Crippen LogP contribution in [0.3, 0.4) is 0 Å². The molecule has 1 aromatic carbocycles. The minimum atomic E-state index is 0.242. The molecule has 1 fully saturated rings. The van der Waals surface area contributed by atoms with Gasteiger partial charge in [-0.3, -0.25) is 4.90 Å². The molecular formula is C17H25N5O2. The van der Waals surface area contributed by atoms with Crippen LogP contribution in [-0.4, -0.2) is 49.5 Å². The number of ether oxygens (including phenoxy) is 1. The van der Waals surface area contributed by atoms with Crippen LogP contribution in [0.4, 0.5) is 0 Å². The van der Waals surface area contributed by atoms with E-state index in [2.05, 4.69) is 27.3 Å². The van der Waals surface area contributed by atoms with Crippen LogP contribution >= 0.6 is 0 Å². The number of aromatic hydroxyl groups is 1. The number of tetrazole rings is 1. The highest BCUT2D eigenvalue weighted by Crippen LogP contribution is 2.21. The normalized spacial score (nSPS) is 17.7. The lowest BCUT2D eigenvalue weighted by atomic mass is 10.1. The second kappa shape index (κ2) is 8.21. The highest BCUT2D eigenvalue weighted by Gasteiger charge is 2.21. The van der Waals surface area contributed by atoms with Crippen molar-refractivity contribution in [3.8, 4) is 5.75 Å². The molecule has 0 amide bonds. The number of hydrogen-bond acceptors (Lipinski definition) is 6. The van der Waals surface area contributed by atoms with Gasteiger partial charge in [-0.1, -0.05) is 25.1 Å². The molecule has 1 aliphatic rings. The van der Waals surface area contributed by atoms with E-state index >= 15 is 0 Å². The van der Waals surface area contributed by atoms with E-state index in [1.807, 2.05) is 22.9 Å². The molecule has 1 atom stereocenters. The smallest absolute Gasteiger partial charge is 0.165 e. The quantitative estimate of drug-likeness (QED) is 0.797. The van der Waals surface area contributed by atoms with Crippen molar-refractivity contribution in [2.45, 2.75) is 51.9 Å². The van der Waals surface area contributed by atoms with Crippen LogP contribution in [0.15, 0.2) is 24.3 Å². The summed E-state index contributed by atoms with van der Waals surface area (Å²) in [4.78, 5) is 2.25. The summed E-state index contributed by atoms with van der Waals surface area (Å²) in [5.74, 6) is 1.17. The first-order valence-electron chi connectivity index (χ1n) is 8.62. The molecule has 130 valence electrons. The molecule has 1 aromatic heterocycles. The van der Waals surface area contributed by atoms with E-state index in [-0.39, 0.29) is 6.10 Å². The summed E-state index contributed by atoms with van der Waals surface area (Å²) in [5.41, 5.74) is 0.907. The van der Waals surface area contributed by atoms with Gasteiger partial charge in [-0.05, 0) is 35.8 Å². The Bertz CT molecular complexity index is 639.